The molecule has 3 rings (SSSR count). The predicted octanol–water partition coefficient (Wildman–Crippen LogP) is 3.29. The van der Waals surface area contributed by atoms with E-state index in [1.807, 2.05) is 67.3 Å². The third-order valence-electron chi connectivity index (χ3n) is 4.49. The Morgan fingerprint density at radius 2 is 1.52 bits per heavy atom. The summed E-state index contributed by atoms with van der Waals surface area (Å²) < 4.78 is 0. The molecule has 0 spiro atoms. The molecule has 1 saturated heterocycles. The van der Waals surface area contributed by atoms with E-state index in [4.69, 9.17) is 0 Å². The molecule has 1 N–H and O–H groups in total. The second-order valence-corrected chi connectivity index (χ2v) is 6.39. The zero-order valence-corrected chi connectivity index (χ0v) is 14.7. The molecule has 0 bridgehead atoms. The number of carbonyl (C=O) groups excluding carboxylic acids is 2. The summed E-state index contributed by atoms with van der Waals surface area (Å²) in [5, 5.41) is 2.89. The summed E-state index contributed by atoms with van der Waals surface area (Å²) in [5.41, 5.74) is 3.67. The molecule has 5 nitrogen and oxygen atoms in total. The summed E-state index contributed by atoms with van der Waals surface area (Å²) >= 11 is 0. The fourth-order valence-corrected chi connectivity index (χ4v) is 3.06. The van der Waals surface area contributed by atoms with Crippen LogP contribution >= 0.6 is 0 Å². The monoisotopic (exact) mass is 337 g/mol. The van der Waals surface area contributed by atoms with Gasteiger partial charge in [0.1, 0.15) is 0 Å². The maximum absolute atomic E-state index is 12.7. The summed E-state index contributed by atoms with van der Waals surface area (Å²) in [6.45, 7) is 6.16. The van der Waals surface area contributed by atoms with Crippen LogP contribution in [0, 0.1) is 13.8 Å². The van der Waals surface area contributed by atoms with Crippen LogP contribution in [-0.2, 0) is 0 Å². The fourth-order valence-electron chi connectivity index (χ4n) is 3.06. The topological polar surface area (TPSA) is 52.7 Å². The van der Waals surface area contributed by atoms with Gasteiger partial charge in [-0.15, -0.1) is 0 Å². The number of carbonyl (C=O) groups is 2. The molecule has 0 saturated carbocycles. The van der Waals surface area contributed by atoms with Crippen molar-refractivity contribution in [1.29, 1.82) is 0 Å². The van der Waals surface area contributed by atoms with Crippen LogP contribution in [0.4, 0.5) is 10.5 Å². The number of para-hydroxylation sites is 1. The van der Waals surface area contributed by atoms with Crippen molar-refractivity contribution in [2.24, 2.45) is 0 Å². The van der Waals surface area contributed by atoms with E-state index in [2.05, 4.69) is 5.32 Å². The molecule has 130 valence electrons. The van der Waals surface area contributed by atoms with Gasteiger partial charge in [-0.25, -0.2) is 4.79 Å². The van der Waals surface area contributed by atoms with Gasteiger partial charge >= 0.3 is 6.03 Å². The largest absolute Gasteiger partial charge is 0.335 e. The summed E-state index contributed by atoms with van der Waals surface area (Å²) in [6, 6.07) is 15.2. The van der Waals surface area contributed by atoms with E-state index >= 15 is 0 Å². The minimum Gasteiger partial charge on any atom is -0.335 e. The normalized spacial score (nSPS) is 14.3. The number of hydrogen-bond acceptors (Lipinski definition) is 2. The van der Waals surface area contributed by atoms with Gasteiger partial charge in [0.15, 0.2) is 0 Å². The summed E-state index contributed by atoms with van der Waals surface area (Å²) in [6.07, 6.45) is 0. The number of amides is 3. The molecular formula is C20H23N3O2. The molecule has 0 radical (unpaired) electrons. The van der Waals surface area contributed by atoms with Crippen molar-refractivity contribution >= 4 is 17.6 Å². The first kappa shape index (κ1) is 17.0. The zero-order valence-electron chi connectivity index (χ0n) is 14.7. The second-order valence-electron chi connectivity index (χ2n) is 6.39. The van der Waals surface area contributed by atoms with Crippen LogP contribution in [-0.4, -0.2) is 47.9 Å². The number of hydrogen-bond donors (Lipinski definition) is 1. The molecule has 25 heavy (non-hydrogen) atoms. The maximum atomic E-state index is 12.7. The minimum atomic E-state index is -0.121. The van der Waals surface area contributed by atoms with Crippen molar-refractivity contribution in [2.45, 2.75) is 13.8 Å². The molecule has 0 atom stereocenters. The lowest BCUT2D eigenvalue weighted by Gasteiger charge is -2.35. The lowest BCUT2D eigenvalue weighted by molar-refractivity contribution is 0.0671. The molecule has 2 aromatic carbocycles. The van der Waals surface area contributed by atoms with E-state index in [1.165, 1.54) is 0 Å². The molecule has 1 heterocycles. The Kier molecular flexibility index (Phi) is 5.03. The SMILES string of the molecule is Cc1ccc(C(=O)N2CCN(C(=O)Nc3ccccc3)CC2)c(C)c1. The van der Waals surface area contributed by atoms with E-state index in [0.29, 0.717) is 26.2 Å². The molecule has 1 fully saturated rings. The summed E-state index contributed by atoms with van der Waals surface area (Å²) in [5.74, 6) is 0.0422. The summed E-state index contributed by atoms with van der Waals surface area (Å²) in [4.78, 5) is 28.6. The van der Waals surface area contributed by atoms with Crippen molar-refractivity contribution in [1.82, 2.24) is 9.80 Å². The first-order valence-electron chi connectivity index (χ1n) is 8.52. The molecule has 0 aliphatic carbocycles. The number of nitrogens with one attached hydrogen (secondary N) is 1. The van der Waals surface area contributed by atoms with Crippen molar-refractivity contribution in [3.63, 3.8) is 0 Å². The summed E-state index contributed by atoms with van der Waals surface area (Å²) in [7, 11) is 0. The lowest BCUT2D eigenvalue weighted by atomic mass is 10.0. The number of aryl methyl sites for hydroxylation is 2. The van der Waals surface area contributed by atoms with Crippen LogP contribution in [0.2, 0.25) is 0 Å². The highest BCUT2D eigenvalue weighted by atomic mass is 16.2. The van der Waals surface area contributed by atoms with E-state index in [0.717, 1.165) is 22.4 Å². The van der Waals surface area contributed by atoms with Crippen molar-refractivity contribution < 1.29 is 9.59 Å². The molecule has 1 aliphatic rings. The second kappa shape index (κ2) is 7.38. The quantitative estimate of drug-likeness (QED) is 0.914. The van der Waals surface area contributed by atoms with Crippen LogP contribution in [0.3, 0.4) is 0 Å². The van der Waals surface area contributed by atoms with Gasteiger partial charge in [0, 0.05) is 37.4 Å². The minimum absolute atomic E-state index is 0.0422. The Morgan fingerprint density at radius 3 is 2.16 bits per heavy atom. The third kappa shape index (κ3) is 3.99. The van der Waals surface area contributed by atoms with E-state index in [9.17, 15) is 9.59 Å². The molecule has 5 heteroatoms. The van der Waals surface area contributed by atoms with Gasteiger partial charge in [0.25, 0.3) is 5.91 Å². The number of piperazine rings is 1. The first-order valence-corrected chi connectivity index (χ1v) is 8.52. The Labute approximate surface area is 148 Å². The smallest absolute Gasteiger partial charge is 0.321 e. The van der Waals surface area contributed by atoms with Gasteiger partial charge in [0.2, 0.25) is 0 Å². The van der Waals surface area contributed by atoms with E-state index in [1.54, 1.807) is 4.90 Å². The van der Waals surface area contributed by atoms with E-state index in [-0.39, 0.29) is 11.9 Å². The predicted molar refractivity (Wildman–Crippen MR) is 98.9 cm³/mol. The van der Waals surface area contributed by atoms with E-state index < -0.39 is 0 Å². The number of rotatable bonds is 2. The molecule has 0 aromatic heterocycles. The van der Waals surface area contributed by atoms with Gasteiger partial charge in [-0.1, -0.05) is 35.9 Å². The third-order valence-corrected chi connectivity index (χ3v) is 4.49. The Morgan fingerprint density at radius 1 is 0.880 bits per heavy atom. The van der Waals surface area contributed by atoms with Gasteiger partial charge in [-0.3, -0.25) is 4.79 Å². The average Bonchev–Trinajstić information content (AvgIpc) is 2.62. The van der Waals surface area contributed by atoms with Crippen LogP contribution < -0.4 is 5.32 Å². The standard InChI is InChI=1S/C20H23N3O2/c1-15-8-9-18(16(2)14-15)19(24)22-10-12-23(13-11-22)20(25)21-17-6-4-3-5-7-17/h3-9,14H,10-13H2,1-2H3,(H,21,25). The first-order chi connectivity index (χ1) is 12.0. The van der Waals surface area contributed by atoms with Gasteiger partial charge in [0.05, 0.1) is 0 Å². The molecular weight excluding hydrogens is 314 g/mol. The van der Waals surface area contributed by atoms with Crippen molar-refractivity contribution in [3.05, 3.63) is 65.2 Å². The highest BCUT2D eigenvalue weighted by Gasteiger charge is 2.25. The van der Waals surface area contributed by atoms with Crippen LogP contribution in [0.25, 0.3) is 0 Å². The molecule has 2 aromatic rings. The zero-order chi connectivity index (χ0) is 17.8. The number of urea groups is 1. The van der Waals surface area contributed by atoms with Gasteiger partial charge in [-0.2, -0.15) is 0 Å². The van der Waals surface area contributed by atoms with Crippen molar-refractivity contribution in [2.75, 3.05) is 31.5 Å². The Balaban J connectivity index is 1.58. The Bertz CT molecular complexity index is 766. The van der Waals surface area contributed by atoms with Crippen LogP contribution in [0.1, 0.15) is 21.5 Å². The highest BCUT2D eigenvalue weighted by molar-refractivity contribution is 5.96. The number of anilines is 1. The molecule has 0 unspecified atom stereocenters. The maximum Gasteiger partial charge on any atom is 0.321 e. The number of benzene rings is 2. The average molecular weight is 337 g/mol. The fraction of sp³-hybridized carbons (Fsp3) is 0.300. The van der Waals surface area contributed by atoms with Crippen LogP contribution in [0.5, 0.6) is 0 Å². The lowest BCUT2D eigenvalue weighted by Crippen LogP contribution is -2.51. The number of nitrogens with zero attached hydrogens (tertiary/aromatic N) is 2. The van der Waals surface area contributed by atoms with Gasteiger partial charge < -0.3 is 15.1 Å². The molecule has 3 amide bonds. The highest BCUT2D eigenvalue weighted by Crippen LogP contribution is 2.15. The molecule has 1 aliphatic heterocycles. The Hall–Kier alpha value is -2.82. The van der Waals surface area contributed by atoms with Crippen molar-refractivity contribution in [3.8, 4) is 0 Å². The van der Waals surface area contributed by atoms with Gasteiger partial charge in [-0.05, 0) is 37.6 Å². The van der Waals surface area contributed by atoms with Crippen LogP contribution in [0.15, 0.2) is 48.5 Å².